The minimum Gasteiger partial charge on any atom is -0.357 e. The predicted molar refractivity (Wildman–Crippen MR) is 118 cm³/mol. The van der Waals surface area contributed by atoms with Crippen molar-refractivity contribution in [3.63, 3.8) is 0 Å². The molecule has 0 unspecified atom stereocenters. The van der Waals surface area contributed by atoms with Gasteiger partial charge in [-0.3, -0.25) is 14.7 Å². The Kier molecular flexibility index (Phi) is 8.75. The van der Waals surface area contributed by atoms with E-state index >= 15 is 0 Å². The van der Waals surface area contributed by atoms with E-state index in [4.69, 9.17) is 4.99 Å². The average molecular weight is 486 g/mol. The van der Waals surface area contributed by atoms with Gasteiger partial charge in [-0.05, 0) is 38.3 Å². The van der Waals surface area contributed by atoms with E-state index in [-0.39, 0.29) is 29.9 Å². The number of piperazine rings is 1. The summed E-state index contributed by atoms with van der Waals surface area (Å²) in [5.74, 6) is 1.09. The summed E-state index contributed by atoms with van der Waals surface area (Å²) in [5, 5.41) is 6.44. The lowest BCUT2D eigenvalue weighted by Crippen LogP contribution is -2.54. The number of nitrogens with zero attached hydrogens (tertiary/aromatic N) is 4. The molecule has 27 heavy (non-hydrogen) atoms. The van der Waals surface area contributed by atoms with Crippen molar-refractivity contribution in [2.75, 3.05) is 39.3 Å². The molecule has 0 radical (unpaired) electrons. The highest BCUT2D eigenvalue weighted by Crippen LogP contribution is 2.18. The number of aryl methyl sites for hydroxylation is 1. The standard InChI is InChI=1S/C19H30N6O.HI/c1-3-20-19(22-13-17-15(2)5-4-8-21-17)25-11-9-24(10-12-25)14-18(26)23-16-6-7-16;/h4-5,8,16H,3,6-7,9-14H2,1-2H3,(H,20,22)(H,23,26);1H. The molecule has 0 aromatic carbocycles. The molecule has 8 heteroatoms. The van der Waals surface area contributed by atoms with Gasteiger partial charge in [0, 0.05) is 45.0 Å². The number of carbonyl (C=O) groups is 1. The van der Waals surface area contributed by atoms with E-state index in [1.807, 2.05) is 12.3 Å². The van der Waals surface area contributed by atoms with Crippen LogP contribution in [0.15, 0.2) is 23.3 Å². The largest absolute Gasteiger partial charge is 0.357 e. The molecule has 3 rings (SSSR count). The number of nitrogens with one attached hydrogen (secondary N) is 2. The van der Waals surface area contributed by atoms with Gasteiger partial charge in [0.1, 0.15) is 0 Å². The van der Waals surface area contributed by atoms with Crippen molar-refractivity contribution in [3.8, 4) is 0 Å². The summed E-state index contributed by atoms with van der Waals surface area (Å²) in [6.07, 6.45) is 4.09. The Labute approximate surface area is 179 Å². The quantitative estimate of drug-likeness (QED) is 0.361. The molecule has 1 saturated carbocycles. The number of halogens is 1. The molecule has 2 N–H and O–H groups in total. The third-order valence-electron chi connectivity index (χ3n) is 4.81. The van der Waals surface area contributed by atoms with E-state index < -0.39 is 0 Å². The molecule has 0 bridgehead atoms. The van der Waals surface area contributed by atoms with Gasteiger partial charge in [0.25, 0.3) is 0 Å². The molecule has 1 aliphatic heterocycles. The minimum absolute atomic E-state index is 0. The van der Waals surface area contributed by atoms with Gasteiger partial charge in [-0.1, -0.05) is 6.07 Å². The van der Waals surface area contributed by atoms with E-state index in [2.05, 4.69) is 45.3 Å². The predicted octanol–water partition coefficient (Wildman–Crippen LogP) is 1.37. The van der Waals surface area contributed by atoms with Gasteiger partial charge in [0.05, 0.1) is 18.8 Å². The van der Waals surface area contributed by atoms with Crippen molar-refractivity contribution >= 4 is 35.8 Å². The van der Waals surface area contributed by atoms with Crippen LogP contribution in [0.4, 0.5) is 0 Å². The van der Waals surface area contributed by atoms with Crippen LogP contribution in [0, 0.1) is 6.92 Å². The van der Waals surface area contributed by atoms with Crippen LogP contribution < -0.4 is 10.6 Å². The molecular formula is C19H31IN6O. The maximum Gasteiger partial charge on any atom is 0.234 e. The summed E-state index contributed by atoms with van der Waals surface area (Å²) >= 11 is 0. The fourth-order valence-corrected chi connectivity index (χ4v) is 3.08. The second kappa shape index (κ2) is 10.8. The van der Waals surface area contributed by atoms with E-state index in [1.54, 1.807) is 0 Å². The number of hydrogen-bond donors (Lipinski definition) is 2. The summed E-state index contributed by atoms with van der Waals surface area (Å²) in [7, 11) is 0. The van der Waals surface area contributed by atoms with Crippen molar-refractivity contribution in [1.82, 2.24) is 25.4 Å². The van der Waals surface area contributed by atoms with Gasteiger partial charge in [-0.15, -0.1) is 24.0 Å². The van der Waals surface area contributed by atoms with E-state index in [0.29, 0.717) is 19.1 Å². The van der Waals surface area contributed by atoms with Gasteiger partial charge in [-0.25, -0.2) is 4.99 Å². The number of guanidine groups is 1. The van der Waals surface area contributed by atoms with Crippen molar-refractivity contribution in [2.45, 2.75) is 39.3 Å². The molecule has 2 aliphatic rings. The molecule has 1 aromatic heterocycles. The number of amides is 1. The molecule has 7 nitrogen and oxygen atoms in total. The second-order valence-electron chi connectivity index (χ2n) is 7.04. The molecule has 150 valence electrons. The first kappa shape index (κ1) is 21.9. The summed E-state index contributed by atoms with van der Waals surface area (Å²) in [6, 6.07) is 4.45. The van der Waals surface area contributed by atoms with E-state index in [0.717, 1.165) is 57.2 Å². The maximum absolute atomic E-state index is 12.0. The van der Waals surface area contributed by atoms with Crippen LogP contribution >= 0.6 is 24.0 Å². The smallest absolute Gasteiger partial charge is 0.234 e. The number of carbonyl (C=O) groups excluding carboxylic acids is 1. The normalized spacial score (nSPS) is 18.0. The van der Waals surface area contributed by atoms with Crippen molar-refractivity contribution in [2.24, 2.45) is 4.99 Å². The molecule has 1 amide bonds. The lowest BCUT2D eigenvalue weighted by Gasteiger charge is -2.36. The lowest BCUT2D eigenvalue weighted by atomic mass is 10.2. The molecule has 0 atom stereocenters. The zero-order valence-electron chi connectivity index (χ0n) is 16.3. The van der Waals surface area contributed by atoms with Gasteiger partial charge in [0.15, 0.2) is 5.96 Å². The highest BCUT2D eigenvalue weighted by Gasteiger charge is 2.25. The molecule has 2 fully saturated rings. The highest BCUT2D eigenvalue weighted by atomic mass is 127. The SMILES string of the molecule is CCNC(=NCc1ncccc1C)N1CCN(CC(=O)NC2CC2)CC1.I. The Morgan fingerprint density at radius 1 is 1.30 bits per heavy atom. The Bertz CT molecular complexity index is 641. The average Bonchev–Trinajstić information content (AvgIpc) is 3.44. The van der Waals surface area contributed by atoms with Crippen LogP contribution in [0.1, 0.15) is 31.0 Å². The third kappa shape index (κ3) is 6.91. The first-order chi connectivity index (χ1) is 12.7. The lowest BCUT2D eigenvalue weighted by molar-refractivity contribution is -0.122. The van der Waals surface area contributed by atoms with Crippen molar-refractivity contribution < 1.29 is 4.79 Å². The van der Waals surface area contributed by atoms with Crippen LogP contribution in [0.2, 0.25) is 0 Å². The van der Waals surface area contributed by atoms with Crippen LogP contribution in [-0.4, -0.2) is 72.0 Å². The number of aromatic nitrogens is 1. The summed E-state index contributed by atoms with van der Waals surface area (Å²) in [5.41, 5.74) is 2.18. The van der Waals surface area contributed by atoms with Crippen molar-refractivity contribution in [3.05, 3.63) is 29.6 Å². The first-order valence-electron chi connectivity index (χ1n) is 9.61. The third-order valence-corrected chi connectivity index (χ3v) is 4.81. The van der Waals surface area contributed by atoms with Crippen LogP contribution in [0.3, 0.4) is 0 Å². The molecular weight excluding hydrogens is 455 g/mol. The summed E-state index contributed by atoms with van der Waals surface area (Å²) in [6.45, 7) is 9.59. The maximum atomic E-state index is 12.0. The number of pyridine rings is 1. The van der Waals surface area contributed by atoms with Gasteiger partial charge < -0.3 is 15.5 Å². The fraction of sp³-hybridized carbons (Fsp3) is 0.632. The Morgan fingerprint density at radius 2 is 2.04 bits per heavy atom. The Morgan fingerprint density at radius 3 is 2.67 bits per heavy atom. The minimum atomic E-state index is 0. The zero-order valence-corrected chi connectivity index (χ0v) is 18.6. The molecule has 0 spiro atoms. The fourth-order valence-electron chi connectivity index (χ4n) is 3.08. The molecule has 1 aromatic rings. The Balaban J connectivity index is 0.00000261. The first-order valence-corrected chi connectivity index (χ1v) is 9.61. The molecule has 2 heterocycles. The highest BCUT2D eigenvalue weighted by molar-refractivity contribution is 14.0. The topological polar surface area (TPSA) is 72.9 Å². The van der Waals surface area contributed by atoms with Gasteiger partial charge in [0.2, 0.25) is 5.91 Å². The van der Waals surface area contributed by atoms with Crippen LogP contribution in [0.5, 0.6) is 0 Å². The monoisotopic (exact) mass is 486 g/mol. The summed E-state index contributed by atoms with van der Waals surface area (Å²) in [4.78, 5) is 25.7. The van der Waals surface area contributed by atoms with Crippen LogP contribution in [-0.2, 0) is 11.3 Å². The van der Waals surface area contributed by atoms with E-state index in [9.17, 15) is 4.79 Å². The zero-order chi connectivity index (χ0) is 18.4. The van der Waals surface area contributed by atoms with Gasteiger partial charge >= 0.3 is 0 Å². The van der Waals surface area contributed by atoms with Crippen LogP contribution in [0.25, 0.3) is 0 Å². The van der Waals surface area contributed by atoms with E-state index in [1.165, 1.54) is 5.56 Å². The van der Waals surface area contributed by atoms with Gasteiger partial charge in [-0.2, -0.15) is 0 Å². The summed E-state index contributed by atoms with van der Waals surface area (Å²) < 4.78 is 0. The number of aliphatic imine (C=N–C) groups is 1. The van der Waals surface area contributed by atoms with Crippen molar-refractivity contribution in [1.29, 1.82) is 0 Å². The second-order valence-corrected chi connectivity index (χ2v) is 7.04. The number of hydrogen-bond acceptors (Lipinski definition) is 4. The molecule has 1 aliphatic carbocycles. The number of rotatable bonds is 6. The Hall–Kier alpha value is -1.42. The molecule has 1 saturated heterocycles.